The highest BCUT2D eigenvalue weighted by atomic mass is 16.6. The monoisotopic (exact) mass is 332 g/mol. The first kappa shape index (κ1) is 16.2. The Balaban J connectivity index is 1.78. The zero-order valence-corrected chi connectivity index (χ0v) is 14.5. The van der Waals surface area contributed by atoms with E-state index in [0.717, 1.165) is 11.1 Å². The average Bonchev–Trinajstić information content (AvgIpc) is 3.22. The van der Waals surface area contributed by atoms with Gasteiger partial charge in [0, 0.05) is 33.2 Å². The maximum Gasteiger partial charge on any atom is 0.153 e. The number of rotatable bonds is 4. The lowest BCUT2D eigenvalue weighted by Gasteiger charge is -2.35. The summed E-state index contributed by atoms with van der Waals surface area (Å²) in [6.45, 7) is 2.41. The molecule has 5 heteroatoms. The summed E-state index contributed by atoms with van der Waals surface area (Å²) in [4.78, 5) is 13.2. The molecule has 0 aromatic heterocycles. The Morgan fingerprint density at radius 1 is 1.12 bits per heavy atom. The minimum absolute atomic E-state index is 0.000781. The van der Waals surface area contributed by atoms with Gasteiger partial charge < -0.3 is 18.9 Å². The Labute approximate surface area is 142 Å². The highest BCUT2D eigenvalue weighted by Gasteiger charge is 2.80. The number of benzene rings is 1. The third-order valence-corrected chi connectivity index (χ3v) is 6.11. The second-order valence-electron chi connectivity index (χ2n) is 7.02. The number of hydrogen-bond acceptors (Lipinski definition) is 5. The van der Waals surface area contributed by atoms with Crippen molar-refractivity contribution in [2.24, 2.45) is 5.92 Å². The van der Waals surface area contributed by atoms with Gasteiger partial charge in [0.25, 0.3) is 0 Å². The fourth-order valence-electron chi connectivity index (χ4n) is 5.07. The van der Waals surface area contributed by atoms with E-state index in [9.17, 15) is 4.79 Å². The molecule has 4 unspecified atom stereocenters. The third-order valence-electron chi connectivity index (χ3n) is 6.11. The van der Waals surface area contributed by atoms with Crippen molar-refractivity contribution in [3.8, 4) is 0 Å². The summed E-state index contributed by atoms with van der Waals surface area (Å²) in [7, 11) is 4.99. The van der Waals surface area contributed by atoms with Gasteiger partial charge in [0.15, 0.2) is 5.78 Å². The number of ether oxygens (including phenoxy) is 4. The van der Waals surface area contributed by atoms with Gasteiger partial charge >= 0.3 is 0 Å². The lowest BCUT2D eigenvalue weighted by atomic mass is 9.90. The van der Waals surface area contributed by atoms with E-state index >= 15 is 0 Å². The van der Waals surface area contributed by atoms with E-state index in [1.807, 2.05) is 19.1 Å². The molecule has 1 heterocycles. The maximum absolute atomic E-state index is 13.2. The van der Waals surface area contributed by atoms with Crippen LogP contribution in [0.1, 0.15) is 24.0 Å². The molecule has 1 aromatic carbocycles. The molecule has 2 fully saturated rings. The summed E-state index contributed by atoms with van der Waals surface area (Å²) in [5.74, 6) is 0.141. The summed E-state index contributed by atoms with van der Waals surface area (Å²) >= 11 is 0. The van der Waals surface area contributed by atoms with Crippen molar-refractivity contribution in [2.45, 2.75) is 42.7 Å². The van der Waals surface area contributed by atoms with E-state index in [1.54, 1.807) is 21.3 Å². The molecule has 1 saturated heterocycles. The van der Waals surface area contributed by atoms with Crippen molar-refractivity contribution in [1.29, 1.82) is 0 Å². The SMILES string of the molecule is COC[C@H]1OC2C([C@@H](OC)[C@H]1OC)C21C(=O)C(C)c2ccccc21. The van der Waals surface area contributed by atoms with Crippen molar-refractivity contribution in [3.63, 3.8) is 0 Å². The van der Waals surface area contributed by atoms with Gasteiger partial charge in [0.05, 0.1) is 24.2 Å². The zero-order chi connectivity index (χ0) is 17.1. The van der Waals surface area contributed by atoms with Crippen molar-refractivity contribution >= 4 is 5.78 Å². The molecule has 0 bridgehead atoms. The van der Waals surface area contributed by atoms with Crippen LogP contribution in [0.5, 0.6) is 0 Å². The third kappa shape index (κ3) is 1.81. The van der Waals surface area contributed by atoms with Crippen LogP contribution in [0.25, 0.3) is 0 Å². The second kappa shape index (κ2) is 5.63. The minimum Gasteiger partial charge on any atom is -0.382 e. The van der Waals surface area contributed by atoms with E-state index in [-0.39, 0.29) is 42.0 Å². The molecular formula is C19H24O5. The molecule has 0 N–H and O–H groups in total. The first-order valence-electron chi connectivity index (χ1n) is 8.46. The summed E-state index contributed by atoms with van der Waals surface area (Å²) in [5, 5.41) is 0. The number of hydrogen-bond donors (Lipinski definition) is 0. The van der Waals surface area contributed by atoms with Crippen molar-refractivity contribution < 1.29 is 23.7 Å². The van der Waals surface area contributed by atoms with Crippen LogP contribution in [0.15, 0.2) is 24.3 Å². The Kier molecular flexibility index (Phi) is 3.80. The number of methoxy groups -OCH3 is 3. The smallest absolute Gasteiger partial charge is 0.153 e. The Hall–Kier alpha value is -1.27. The first-order valence-corrected chi connectivity index (χ1v) is 8.46. The summed E-state index contributed by atoms with van der Waals surface area (Å²) in [6, 6.07) is 8.12. The molecule has 3 aliphatic rings. The van der Waals surface area contributed by atoms with Crippen molar-refractivity contribution in [1.82, 2.24) is 0 Å². The predicted octanol–water partition coefficient (Wildman–Crippen LogP) is 1.68. The molecule has 0 radical (unpaired) electrons. The number of carbonyl (C=O) groups excluding carboxylic acids is 1. The van der Waals surface area contributed by atoms with E-state index in [4.69, 9.17) is 18.9 Å². The molecule has 1 aliphatic heterocycles. The molecule has 24 heavy (non-hydrogen) atoms. The summed E-state index contributed by atoms with van der Waals surface area (Å²) < 4.78 is 23.1. The van der Waals surface area contributed by atoms with Gasteiger partial charge in [-0.15, -0.1) is 0 Å². The number of carbonyl (C=O) groups is 1. The van der Waals surface area contributed by atoms with Crippen LogP contribution >= 0.6 is 0 Å². The van der Waals surface area contributed by atoms with Gasteiger partial charge in [-0.05, 0) is 11.1 Å². The molecule has 0 amide bonds. The van der Waals surface area contributed by atoms with Gasteiger partial charge in [0.2, 0.25) is 0 Å². The molecule has 4 rings (SSSR count). The molecule has 130 valence electrons. The normalized spacial score (nSPS) is 42.9. The maximum atomic E-state index is 13.2. The molecule has 5 nitrogen and oxygen atoms in total. The molecule has 1 saturated carbocycles. The lowest BCUT2D eigenvalue weighted by Crippen LogP contribution is -2.49. The zero-order valence-electron chi connectivity index (χ0n) is 14.5. The largest absolute Gasteiger partial charge is 0.382 e. The van der Waals surface area contributed by atoms with E-state index in [1.165, 1.54) is 0 Å². The van der Waals surface area contributed by atoms with Gasteiger partial charge in [-0.3, -0.25) is 4.79 Å². The highest BCUT2D eigenvalue weighted by molar-refractivity contribution is 6.04. The molecule has 7 atom stereocenters. The van der Waals surface area contributed by atoms with Crippen LogP contribution in [0, 0.1) is 5.92 Å². The molecular weight excluding hydrogens is 308 g/mol. The van der Waals surface area contributed by atoms with Crippen molar-refractivity contribution in [2.75, 3.05) is 27.9 Å². The summed E-state index contributed by atoms with van der Waals surface area (Å²) in [5.41, 5.74) is 1.63. The Bertz CT molecular complexity index is 659. The van der Waals surface area contributed by atoms with E-state index in [0.29, 0.717) is 6.61 Å². The van der Waals surface area contributed by atoms with Crippen LogP contribution in [0.2, 0.25) is 0 Å². The van der Waals surface area contributed by atoms with Crippen LogP contribution < -0.4 is 0 Å². The number of Topliss-reactive ketones (excluding diaryl/α,β-unsaturated/α-hetero) is 1. The molecule has 1 aromatic rings. The quantitative estimate of drug-likeness (QED) is 0.840. The van der Waals surface area contributed by atoms with Gasteiger partial charge in [-0.1, -0.05) is 31.2 Å². The average molecular weight is 332 g/mol. The van der Waals surface area contributed by atoms with Crippen LogP contribution in [0.3, 0.4) is 0 Å². The minimum atomic E-state index is -0.587. The highest BCUT2D eigenvalue weighted by Crippen LogP contribution is 2.67. The number of ketones is 1. The van der Waals surface area contributed by atoms with E-state index < -0.39 is 5.41 Å². The van der Waals surface area contributed by atoms with Crippen molar-refractivity contribution in [3.05, 3.63) is 35.4 Å². The fourth-order valence-corrected chi connectivity index (χ4v) is 5.07. The van der Waals surface area contributed by atoms with Crippen LogP contribution in [0.4, 0.5) is 0 Å². The summed E-state index contributed by atoms with van der Waals surface area (Å²) in [6.07, 6.45) is -0.823. The topological polar surface area (TPSA) is 54.0 Å². The van der Waals surface area contributed by atoms with Gasteiger partial charge in [-0.25, -0.2) is 0 Å². The molecule has 2 aliphatic carbocycles. The van der Waals surface area contributed by atoms with Crippen LogP contribution in [-0.4, -0.2) is 58.1 Å². The number of fused-ring (bicyclic) bond motifs is 5. The lowest BCUT2D eigenvalue weighted by molar-refractivity contribution is -0.175. The van der Waals surface area contributed by atoms with Crippen LogP contribution in [-0.2, 0) is 29.2 Å². The predicted molar refractivity (Wildman–Crippen MR) is 87.2 cm³/mol. The second-order valence-corrected chi connectivity index (χ2v) is 7.02. The van der Waals surface area contributed by atoms with E-state index in [2.05, 4.69) is 12.1 Å². The first-order chi connectivity index (χ1) is 11.6. The Morgan fingerprint density at radius 3 is 2.50 bits per heavy atom. The van der Waals surface area contributed by atoms with Gasteiger partial charge in [-0.2, -0.15) is 0 Å². The Morgan fingerprint density at radius 2 is 1.83 bits per heavy atom. The fraction of sp³-hybridized carbons (Fsp3) is 0.632. The van der Waals surface area contributed by atoms with Gasteiger partial charge in [0.1, 0.15) is 12.2 Å². The standard InChI is InChI=1S/C19H24O5/c1-10-11-7-5-6-8-12(11)19(17(10)20)14-16(23-4)15(22-3)13(9-21-2)24-18(14)19/h5-8,10,13-16,18H,9H2,1-4H3/t10?,13-,14?,15+,16-,18?,19?/m1/s1. The molecule has 1 spiro atoms.